The van der Waals surface area contributed by atoms with Crippen LogP contribution >= 0.6 is 11.6 Å². The Kier molecular flexibility index (Phi) is 5.67. The Hall–Kier alpha value is -1.38. The lowest BCUT2D eigenvalue weighted by Gasteiger charge is -2.09. The molecule has 1 aromatic carbocycles. The van der Waals surface area contributed by atoms with Gasteiger partial charge in [0.05, 0.1) is 22.9 Å². The molecule has 0 amide bonds. The summed E-state index contributed by atoms with van der Waals surface area (Å²) in [4.78, 5) is 0. The molecule has 0 saturated heterocycles. The molecule has 6 heteroatoms. The molecule has 17 heavy (non-hydrogen) atoms. The van der Waals surface area contributed by atoms with Crippen molar-refractivity contribution >= 4 is 17.3 Å². The number of ether oxygens (including phenoxy) is 1. The number of hydrogen-bond acceptors (Lipinski definition) is 3. The van der Waals surface area contributed by atoms with Crippen molar-refractivity contribution in [3.8, 4) is 6.07 Å². The number of nitrogens with one attached hydrogen (secondary N) is 1. The van der Waals surface area contributed by atoms with Crippen molar-refractivity contribution in [2.75, 3.05) is 25.1 Å². The molecule has 0 aliphatic carbocycles. The lowest BCUT2D eigenvalue weighted by Crippen LogP contribution is -2.13. The summed E-state index contributed by atoms with van der Waals surface area (Å²) < 4.78 is 28.2. The first kappa shape index (κ1) is 13.7. The van der Waals surface area contributed by atoms with Crippen LogP contribution in [0.25, 0.3) is 0 Å². The zero-order valence-electron chi connectivity index (χ0n) is 8.92. The molecule has 1 N–H and O–H groups in total. The minimum Gasteiger partial charge on any atom is -0.382 e. The van der Waals surface area contributed by atoms with Crippen LogP contribution in [0.2, 0.25) is 5.02 Å². The molecule has 0 aromatic heterocycles. The Bertz CT molecular complexity index is 407. The van der Waals surface area contributed by atoms with E-state index in [1.165, 1.54) is 0 Å². The highest BCUT2D eigenvalue weighted by Crippen LogP contribution is 2.22. The Morgan fingerprint density at radius 1 is 1.47 bits per heavy atom. The average Bonchev–Trinajstić information content (AvgIpc) is 2.28. The molecule has 0 fully saturated rings. The summed E-state index contributed by atoms with van der Waals surface area (Å²) in [5.41, 5.74) is 0.906. The molecule has 92 valence electrons. The average molecular weight is 261 g/mol. The first-order valence-electron chi connectivity index (χ1n) is 4.93. The molecule has 0 aliphatic rings. The number of halogens is 3. The summed E-state index contributed by atoms with van der Waals surface area (Å²) in [6, 6.07) is 6.97. The molecule has 0 bridgehead atoms. The third-order valence-corrected chi connectivity index (χ3v) is 2.25. The van der Waals surface area contributed by atoms with E-state index in [0.717, 1.165) is 0 Å². The topological polar surface area (TPSA) is 45.0 Å². The normalized spacial score (nSPS) is 10.3. The van der Waals surface area contributed by atoms with E-state index in [1.54, 1.807) is 18.2 Å². The summed E-state index contributed by atoms with van der Waals surface area (Å²) in [7, 11) is 0. The third-order valence-electron chi connectivity index (χ3n) is 1.93. The van der Waals surface area contributed by atoms with Gasteiger partial charge in [0.15, 0.2) is 0 Å². The number of rotatable bonds is 6. The molecule has 1 rings (SSSR count). The predicted octanol–water partition coefficient (Wildman–Crippen LogP) is 2.91. The molecule has 0 saturated carbocycles. The Labute approximate surface area is 103 Å². The maximum Gasteiger partial charge on any atom is 0.261 e. The summed E-state index contributed by atoms with van der Waals surface area (Å²) in [5, 5.41) is 12.1. The largest absolute Gasteiger partial charge is 0.382 e. The van der Waals surface area contributed by atoms with Crippen molar-refractivity contribution < 1.29 is 13.5 Å². The van der Waals surface area contributed by atoms with Gasteiger partial charge in [-0.05, 0) is 12.1 Å². The molecule has 0 atom stereocenters. The third kappa shape index (κ3) is 4.55. The standard InChI is InChI=1S/C11H11ClF2N2O/c12-9-2-1-3-10(8(9)6-15)16-4-5-17-7-11(13)14/h1-3,11,16H,4-5,7H2. The highest BCUT2D eigenvalue weighted by atomic mass is 35.5. The van der Waals surface area contributed by atoms with Crippen LogP contribution in [0, 0.1) is 11.3 Å². The molecule has 0 heterocycles. The van der Waals surface area contributed by atoms with Gasteiger partial charge in [0.2, 0.25) is 0 Å². The van der Waals surface area contributed by atoms with Crippen LogP contribution in [0.3, 0.4) is 0 Å². The molecular formula is C11H11ClF2N2O. The van der Waals surface area contributed by atoms with Crippen LogP contribution in [-0.2, 0) is 4.74 Å². The van der Waals surface area contributed by atoms with E-state index in [0.29, 0.717) is 22.8 Å². The summed E-state index contributed by atoms with van der Waals surface area (Å²) in [6.07, 6.45) is -2.46. The van der Waals surface area contributed by atoms with Gasteiger partial charge in [-0.25, -0.2) is 8.78 Å². The second-order valence-corrected chi connectivity index (χ2v) is 3.57. The van der Waals surface area contributed by atoms with Gasteiger partial charge in [-0.3, -0.25) is 0 Å². The van der Waals surface area contributed by atoms with Crippen molar-refractivity contribution in [2.45, 2.75) is 6.43 Å². The fraction of sp³-hybridized carbons (Fsp3) is 0.364. The SMILES string of the molecule is N#Cc1c(Cl)cccc1NCCOCC(F)F. The maximum atomic E-state index is 11.8. The number of nitriles is 1. The second kappa shape index (κ2) is 7.05. The number of benzene rings is 1. The fourth-order valence-electron chi connectivity index (χ4n) is 1.22. The van der Waals surface area contributed by atoms with E-state index in [2.05, 4.69) is 5.32 Å². The van der Waals surface area contributed by atoms with Crippen molar-refractivity contribution in [3.63, 3.8) is 0 Å². The van der Waals surface area contributed by atoms with Crippen molar-refractivity contribution in [3.05, 3.63) is 28.8 Å². The highest BCUT2D eigenvalue weighted by molar-refractivity contribution is 6.32. The Balaban J connectivity index is 2.42. The first-order valence-corrected chi connectivity index (χ1v) is 5.31. The molecular weight excluding hydrogens is 250 g/mol. The van der Waals surface area contributed by atoms with E-state index < -0.39 is 13.0 Å². The monoisotopic (exact) mass is 260 g/mol. The zero-order valence-corrected chi connectivity index (χ0v) is 9.68. The molecule has 0 radical (unpaired) electrons. The Morgan fingerprint density at radius 2 is 2.24 bits per heavy atom. The predicted molar refractivity (Wildman–Crippen MR) is 61.5 cm³/mol. The summed E-state index contributed by atoms with van der Waals surface area (Å²) >= 11 is 5.82. The summed E-state index contributed by atoms with van der Waals surface area (Å²) in [6.45, 7) is -0.105. The van der Waals surface area contributed by atoms with E-state index in [9.17, 15) is 8.78 Å². The van der Waals surface area contributed by atoms with E-state index in [-0.39, 0.29) is 6.61 Å². The van der Waals surface area contributed by atoms with E-state index in [1.807, 2.05) is 6.07 Å². The zero-order chi connectivity index (χ0) is 12.7. The van der Waals surface area contributed by atoms with Gasteiger partial charge in [-0.1, -0.05) is 17.7 Å². The molecule has 0 spiro atoms. The smallest absolute Gasteiger partial charge is 0.261 e. The Morgan fingerprint density at radius 3 is 2.88 bits per heavy atom. The number of anilines is 1. The highest BCUT2D eigenvalue weighted by Gasteiger charge is 2.05. The molecule has 3 nitrogen and oxygen atoms in total. The van der Waals surface area contributed by atoms with Crippen molar-refractivity contribution in [1.29, 1.82) is 5.26 Å². The van der Waals surface area contributed by atoms with Crippen LogP contribution in [0.1, 0.15) is 5.56 Å². The number of hydrogen-bond donors (Lipinski definition) is 1. The van der Waals surface area contributed by atoms with E-state index in [4.69, 9.17) is 21.6 Å². The van der Waals surface area contributed by atoms with Gasteiger partial charge in [0.1, 0.15) is 12.7 Å². The number of alkyl halides is 2. The van der Waals surface area contributed by atoms with Crippen LogP contribution in [0.4, 0.5) is 14.5 Å². The molecule has 0 unspecified atom stereocenters. The quantitative estimate of drug-likeness (QED) is 0.800. The maximum absolute atomic E-state index is 11.8. The van der Waals surface area contributed by atoms with Crippen LogP contribution < -0.4 is 5.32 Å². The first-order chi connectivity index (χ1) is 8.15. The van der Waals surface area contributed by atoms with Crippen LogP contribution in [0.15, 0.2) is 18.2 Å². The lowest BCUT2D eigenvalue weighted by atomic mass is 10.2. The van der Waals surface area contributed by atoms with Gasteiger partial charge in [-0.15, -0.1) is 0 Å². The van der Waals surface area contributed by atoms with E-state index >= 15 is 0 Å². The summed E-state index contributed by atoms with van der Waals surface area (Å²) in [5.74, 6) is 0. The van der Waals surface area contributed by atoms with Gasteiger partial charge in [-0.2, -0.15) is 5.26 Å². The van der Waals surface area contributed by atoms with Gasteiger partial charge in [0.25, 0.3) is 6.43 Å². The number of nitrogens with zero attached hydrogens (tertiary/aromatic N) is 1. The van der Waals surface area contributed by atoms with Crippen LogP contribution in [0.5, 0.6) is 0 Å². The van der Waals surface area contributed by atoms with Crippen LogP contribution in [-0.4, -0.2) is 26.2 Å². The minimum absolute atomic E-state index is 0.141. The van der Waals surface area contributed by atoms with Gasteiger partial charge >= 0.3 is 0 Å². The van der Waals surface area contributed by atoms with Gasteiger partial charge < -0.3 is 10.1 Å². The molecule has 1 aromatic rings. The minimum atomic E-state index is -2.46. The fourth-order valence-corrected chi connectivity index (χ4v) is 1.43. The van der Waals surface area contributed by atoms with Gasteiger partial charge in [0, 0.05) is 6.54 Å². The second-order valence-electron chi connectivity index (χ2n) is 3.17. The van der Waals surface area contributed by atoms with Crippen molar-refractivity contribution in [2.24, 2.45) is 0 Å². The van der Waals surface area contributed by atoms with Crippen molar-refractivity contribution in [1.82, 2.24) is 0 Å². The molecule has 0 aliphatic heterocycles. The lowest BCUT2D eigenvalue weighted by molar-refractivity contribution is 0.0215.